The molecular formula is C16H16Cl2N2O2. The Morgan fingerprint density at radius 1 is 1.14 bits per heavy atom. The highest BCUT2D eigenvalue weighted by Gasteiger charge is 2.07. The molecule has 0 spiro atoms. The molecule has 0 fully saturated rings. The number of halogens is 2. The number of benzene rings is 2. The Morgan fingerprint density at radius 2 is 1.86 bits per heavy atom. The van der Waals surface area contributed by atoms with Crippen LogP contribution < -0.4 is 10.6 Å². The first-order chi connectivity index (χ1) is 10.6. The molecule has 0 saturated heterocycles. The largest absolute Gasteiger partial charge is 0.450 e. The lowest BCUT2D eigenvalue weighted by atomic mass is 10.2. The van der Waals surface area contributed by atoms with E-state index in [9.17, 15) is 4.79 Å². The Kier molecular flexibility index (Phi) is 5.92. The zero-order valence-electron chi connectivity index (χ0n) is 12.0. The van der Waals surface area contributed by atoms with Crippen LogP contribution in [0.4, 0.5) is 16.2 Å². The molecule has 0 saturated carbocycles. The van der Waals surface area contributed by atoms with Gasteiger partial charge in [-0.2, -0.15) is 0 Å². The molecule has 0 aliphatic rings. The van der Waals surface area contributed by atoms with Crippen LogP contribution in [0.15, 0.2) is 42.5 Å². The zero-order valence-corrected chi connectivity index (χ0v) is 13.5. The Morgan fingerprint density at radius 3 is 2.50 bits per heavy atom. The fourth-order valence-corrected chi connectivity index (χ4v) is 2.20. The molecule has 0 atom stereocenters. The summed E-state index contributed by atoms with van der Waals surface area (Å²) in [5, 5.41) is 7.02. The third-order valence-electron chi connectivity index (χ3n) is 2.89. The molecule has 0 radical (unpaired) electrons. The molecule has 116 valence electrons. The minimum Gasteiger partial charge on any atom is -0.450 e. The number of amides is 1. The van der Waals surface area contributed by atoms with Crippen molar-refractivity contribution in [3.8, 4) is 0 Å². The van der Waals surface area contributed by atoms with Gasteiger partial charge in [0.1, 0.15) is 0 Å². The third-order valence-corrected chi connectivity index (χ3v) is 3.45. The van der Waals surface area contributed by atoms with Crippen molar-refractivity contribution in [1.29, 1.82) is 0 Å². The minimum absolute atomic E-state index is 0.312. The van der Waals surface area contributed by atoms with E-state index in [0.717, 1.165) is 11.3 Å². The van der Waals surface area contributed by atoms with Crippen LogP contribution in [-0.4, -0.2) is 12.7 Å². The monoisotopic (exact) mass is 338 g/mol. The van der Waals surface area contributed by atoms with E-state index in [-0.39, 0.29) is 0 Å². The lowest BCUT2D eigenvalue weighted by Gasteiger charge is -2.10. The maximum atomic E-state index is 11.4. The lowest BCUT2D eigenvalue weighted by Crippen LogP contribution is -2.13. The Bertz CT molecular complexity index is 645. The Balaban J connectivity index is 1.97. The van der Waals surface area contributed by atoms with Gasteiger partial charge in [0.15, 0.2) is 0 Å². The fourth-order valence-electron chi connectivity index (χ4n) is 1.82. The molecule has 6 heteroatoms. The van der Waals surface area contributed by atoms with Crippen LogP contribution in [-0.2, 0) is 11.3 Å². The van der Waals surface area contributed by atoms with Gasteiger partial charge in [0.2, 0.25) is 0 Å². The van der Waals surface area contributed by atoms with Crippen LogP contribution in [0.5, 0.6) is 0 Å². The summed E-state index contributed by atoms with van der Waals surface area (Å²) in [7, 11) is 0. The van der Waals surface area contributed by atoms with Crippen molar-refractivity contribution in [3.63, 3.8) is 0 Å². The number of rotatable bonds is 5. The van der Waals surface area contributed by atoms with Crippen molar-refractivity contribution in [1.82, 2.24) is 0 Å². The summed E-state index contributed by atoms with van der Waals surface area (Å²) in [5.41, 5.74) is 2.49. The van der Waals surface area contributed by atoms with Crippen molar-refractivity contribution < 1.29 is 9.53 Å². The second kappa shape index (κ2) is 7.92. The summed E-state index contributed by atoms with van der Waals surface area (Å²) >= 11 is 12.0. The molecule has 1 amide bonds. The molecule has 0 bridgehead atoms. The van der Waals surface area contributed by atoms with E-state index in [1.807, 2.05) is 30.3 Å². The van der Waals surface area contributed by atoms with Crippen LogP contribution in [0.25, 0.3) is 0 Å². The van der Waals surface area contributed by atoms with E-state index >= 15 is 0 Å². The lowest BCUT2D eigenvalue weighted by molar-refractivity contribution is 0.168. The smallest absolute Gasteiger partial charge is 0.411 e. The third kappa shape index (κ3) is 4.83. The second-order valence-corrected chi connectivity index (χ2v) is 5.36. The first-order valence-electron chi connectivity index (χ1n) is 6.80. The molecule has 0 aliphatic heterocycles. The maximum absolute atomic E-state index is 11.4. The number of carbonyl (C=O) groups excluding carboxylic acids is 1. The number of nitrogens with one attached hydrogen (secondary N) is 2. The Labute approximate surface area is 139 Å². The van der Waals surface area contributed by atoms with Gasteiger partial charge in [-0.05, 0) is 48.9 Å². The molecule has 4 nitrogen and oxygen atoms in total. The first-order valence-corrected chi connectivity index (χ1v) is 7.55. The van der Waals surface area contributed by atoms with Gasteiger partial charge in [-0.15, -0.1) is 0 Å². The fraction of sp³-hybridized carbons (Fsp3) is 0.188. The summed E-state index contributed by atoms with van der Waals surface area (Å²) in [6.07, 6.45) is -0.517. The van der Waals surface area contributed by atoms with E-state index in [1.54, 1.807) is 19.1 Å². The van der Waals surface area contributed by atoms with Gasteiger partial charge in [0.05, 0.1) is 17.3 Å². The van der Waals surface area contributed by atoms with Gasteiger partial charge in [0.25, 0.3) is 0 Å². The number of anilines is 2. The van der Waals surface area contributed by atoms with E-state index in [4.69, 9.17) is 27.9 Å². The predicted molar refractivity (Wildman–Crippen MR) is 90.9 cm³/mol. The summed E-state index contributed by atoms with van der Waals surface area (Å²) in [6, 6.07) is 12.9. The molecule has 22 heavy (non-hydrogen) atoms. The number of carbonyl (C=O) groups is 1. The average Bonchev–Trinajstić information content (AvgIpc) is 2.49. The number of ether oxygens (including phenoxy) is 1. The van der Waals surface area contributed by atoms with Gasteiger partial charge in [-0.1, -0.05) is 29.3 Å². The molecule has 0 aromatic heterocycles. The molecule has 0 aliphatic carbocycles. The molecule has 2 aromatic rings. The van der Waals surface area contributed by atoms with Crippen LogP contribution >= 0.6 is 23.2 Å². The van der Waals surface area contributed by atoms with Gasteiger partial charge < -0.3 is 10.1 Å². The highest BCUT2D eigenvalue weighted by molar-refractivity contribution is 6.33. The SMILES string of the molecule is CCOC(=O)Nc1ccc(CNc2ccc(Cl)cc2)cc1Cl. The van der Waals surface area contributed by atoms with Crippen LogP contribution in [0.2, 0.25) is 10.0 Å². The van der Waals surface area contributed by atoms with Crippen LogP contribution in [0.1, 0.15) is 12.5 Å². The highest BCUT2D eigenvalue weighted by Crippen LogP contribution is 2.24. The quantitative estimate of drug-likeness (QED) is 0.790. The van der Waals surface area contributed by atoms with E-state index in [2.05, 4.69) is 10.6 Å². The summed E-state index contributed by atoms with van der Waals surface area (Å²) in [4.78, 5) is 11.4. The second-order valence-electron chi connectivity index (χ2n) is 4.52. The summed E-state index contributed by atoms with van der Waals surface area (Å²) in [5.74, 6) is 0. The molecule has 0 unspecified atom stereocenters. The van der Waals surface area contributed by atoms with E-state index < -0.39 is 6.09 Å². The molecule has 2 rings (SSSR count). The molecule has 2 N–H and O–H groups in total. The summed E-state index contributed by atoms with van der Waals surface area (Å²) in [6.45, 7) is 2.67. The maximum Gasteiger partial charge on any atom is 0.411 e. The first kappa shape index (κ1) is 16.5. The normalized spacial score (nSPS) is 10.1. The zero-order chi connectivity index (χ0) is 15.9. The van der Waals surface area contributed by atoms with Crippen molar-refractivity contribution in [2.45, 2.75) is 13.5 Å². The average molecular weight is 339 g/mol. The van der Waals surface area contributed by atoms with E-state index in [1.165, 1.54) is 0 Å². The van der Waals surface area contributed by atoms with Crippen molar-refractivity contribution in [3.05, 3.63) is 58.1 Å². The molecule has 0 heterocycles. The topological polar surface area (TPSA) is 50.4 Å². The van der Waals surface area contributed by atoms with E-state index in [0.29, 0.717) is 28.9 Å². The summed E-state index contributed by atoms with van der Waals surface area (Å²) < 4.78 is 4.81. The highest BCUT2D eigenvalue weighted by atomic mass is 35.5. The van der Waals surface area contributed by atoms with Crippen molar-refractivity contribution >= 4 is 40.7 Å². The van der Waals surface area contributed by atoms with Crippen LogP contribution in [0, 0.1) is 0 Å². The van der Waals surface area contributed by atoms with Gasteiger partial charge in [-0.25, -0.2) is 4.79 Å². The van der Waals surface area contributed by atoms with Crippen molar-refractivity contribution in [2.75, 3.05) is 17.2 Å². The van der Waals surface area contributed by atoms with Gasteiger partial charge in [0, 0.05) is 17.3 Å². The van der Waals surface area contributed by atoms with Gasteiger partial charge in [-0.3, -0.25) is 5.32 Å². The number of hydrogen-bond donors (Lipinski definition) is 2. The van der Waals surface area contributed by atoms with Crippen LogP contribution in [0.3, 0.4) is 0 Å². The van der Waals surface area contributed by atoms with Crippen molar-refractivity contribution in [2.24, 2.45) is 0 Å². The Hall–Kier alpha value is -1.91. The minimum atomic E-state index is -0.517. The molecule has 2 aromatic carbocycles. The number of hydrogen-bond acceptors (Lipinski definition) is 3. The molecular weight excluding hydrogens is 323 g/mol. The standard InChI is InChI=1S/C16H16Cl2N2O2/c1-2-22-16(21)20-15-8-3-11(9-14(15)18)10-19-13-6-4-12(17)5-7-13/h3-9,19H,2,10H2,1H3,(H,20,21). The van der Waals surface area contributed by atoms with Gasteiger partial charge >= 0.3 is 6.09 Å². The predicted octanol–water partition coefficient (Wildman–Crippen LogP) is 5.17.